The smallest absolute Gasteiger partial charge is 0.209 e. The van der Waals surface area contributed by atoms with Gasteiger partial charge in [-0.25, -0.2) is 4.68 Å². The van der Waals surface area contributed by atoms with Crippen molar-refractivity contribution in [2.24, 2.45) is 0 Å². The molecule has 6 heteroatoms. The predicted octanol–water partition coefficient (Wildman–Crippen LogP) is 1.92. The normalized spacial score (nSPS) is 17.6. The first-order chi connectivity index (χ1) is 7.81. The minimum atomic E-state index is 0.540. The highest BCUT2D eigenvalue weighted by atomic mass is 32.2. The second-order valence-electron chi connectivity index (χ2n) is 4.20. The number of thioether (sulfide) groups is 1. The predicted molar refractivity (Wildman–Crippen MR) is 62.5 cm³/mol. The van der Waals surface area contributed by atoms with E-state index in [0.717, 1.165) is 24.6 Å². The van der Waals surface area contributed by atoms with Gasteiger partial charge in [0.1, 0.15) is 0 Å². The van der Waals surface area contributed by atoms with Gasteiger partial charge in [-0.15, -0.1) is 5.10 Å². The van der Waals surface area contributed by atoms with Crippen LogP contribution in [-0.4, -0.2) is 39.2 Å². The van der Waals surface area contributed by atoms with E-state index >= 15 is 0 Å². The fourth-order valence-electron chi connectivity index (χ4n) is 1.57. The van der Waals surface area contributed by atoms with Gasteiger partial charge in [-0.05, 0) is 36.1 Å². The zero-order valence-electron chi connectivity index (χ0n) is 9.80. The van der Waals surface area contributed by atoms with Crippen molar-refractivity contribution >= 4 is 11.8 Å². The molecule has 1 fully saturated rings. The maximum Gasteiger partial charge on any atom is 0.209 e. The van der Waals surface area contributed by atoms with Crippen molar-refractivity contribution in [1.29, 1.82) is 0 Å². The molecule has 2 rings (SSSR count). The molecule has 0 aliphatic heterocycles. The van der Waals surface area contributed by atoms with Crippen LogP contribution in [0.2, 0.25) is 0 Å². The van der Waals surface area contributed by atoms with Gasteiger partial charge >= 0.3 is 0 Å². The monoisotopic (exact) mass is 242 g/mol. The van der Waals surface area contributed by atoms with Gasteiger partial charge in [-0.3, -0.25) is 0 Å². The second kappa shape index (κ2) is 5.63. The largest absolute Gasteiger partial charge is 0.385 e. The number of tetrazole rings is 1. The first-order valence-electron chi connectivity index (χ1n) is 5.74. The molecule has 0 unspecified atom stereocenters. The van der Waals surface area contributed by atoms with E-state index in [4.69, 9.17) is 4.74 Å². The van der Waals surface area contributed by atoms with Gasteiger partial charge in [0.05, 0.1) is 6.04 Å². The van der Waals surface area contributed by atoms with Crippen LogP contribution in [0.25, 0.3) is 0 Å². The molecule has 1 atom stereocenters. The molecule has 0 bridgehead atoms. The summed E-state index contributed by atoms with van der Waals surface area (Å²) < 4.78 is 7.01. The van der Waals surface area contributed by atoms with Crippen molar-refractivity contribution < 1.29 is 4.74 Å². The summed E-state index contributed by atoms with van der Waals surface area (Å²) in [5.41, 5.74) is 0. The molecular formula is C10H18N4OS. The van der Waals surface area contributed by atoms with Gasteiger partial charge < -0.3 is 4.74 Å². The zero-order valence-corrected chi connectivity index (χ0v) is 10.6. The highest BCUT2D eigenvalue weighted by Crippen LogP contribution is 2.37. The molecule has 0 N–H and O–H groups in total. The Kier molecular flexibility index (Phi) is 4.17. The number of hydrogen-bond donors (Lipinski definition) is 0. The van der Waals surface area contributed by atoms with Crippen LogP contribution < -0.4 is 0 Å². The van der Waals surface area contributed by atoms with Crippen molar-refractivity contribution in [1.82, 2.24) is 20.2 Å². The number of aromatic nitrogens is 4. The Labute approximate surface area is 99.9 Å². The molecule has 1 aromatic heterocycles. The SMILES string of the molecule is COCCC[C@H](C)Sc1nnnn1C1CC1. The van der Waals surface area contributed by atoms with Crippen molar-refractivity contribution in [3.8, 4) is 0 Å². The van der Waals surface area contributed by atoms with Crippen LogP contribution in [0.4, 0.5) is 0 Å². The summed E-state index contributed by atoms with van der Waals surface area (Å²) in [6.45, 7) is 3.05. The van der Waals surface area contributed by atoms with Crippen molar-refractivity contribution in [3.63, 3.8) is 0 Å². The van der Waals surface area contributed by atoms with Gasteiger partial charge in [0, 0.05) is 19.0 Å². The van der Waals surface area contributed by atoms with Crippen molar-refractivity contribution in [3.05, 3.63) is 0 Å². The summed E-state index contributed by atoms with van der Waals surface area (Å²) in [6.07, 6.45) is 4.67. The maximum absolute atomic E-state index is 5.04. The molecule has 0 spiro atoms. The molecular weight excluding hydrogens is 224 g/mol. The third-order valence-corrected chi connectivity index (χ3v) is 3.74. The third kappa shape index (κ3) is 3.18. The van der Waals surface area contributed by atoms with Crippen LogP contribution in [0, 0.1) is 0 Å². The first kappa shape index (κ1) is 11.9. The summed E-state index contributed by atoms with van der Waals surface area (Å²) in [5, 5.41) is 13.4. The number of rotatable bonds is 7. The van der Waals surface area contributed by atoms with Crippen LogP contribution in [0.1, 0.15) is 38.6 Å². The Morgan fingerprint density at radius 1 is 1.56 bits per heavy atom. The third-order valence-electron chi connectivity index (χ3n) is 2.62. The Balaban J connectivity index is 1.80. The number of hydrogen-bond acceptors (Lipinski definition) is 5. The fourth-order valence-corrected chi connectivity index (χ4v) is 2.59. The second-order valence-corrected chi connectivity index (χ2v) is 5.61. The first-order valence-corrected chi connectivity index (χ1v) is 6.62. The fraction of sp³-hybridized carbons (Fsp3) is 0.900. The molecule has 1 aliphatic rings. The summed E-state index contributed by atoms with van der Waals surface area (Å²) in [4.78, 5) is 0. The van der Waals surface area contributed by atoms with Crippen molar-refractivity contribution in [2.75, 3.05) is 13.7 Å². The molecule has 16 heavy (non-hydrogen) atoms. The molecule has 5 nitrogen and oxygen atoms in total. The van der Waals surface area contributed by atoms with E-state index in [9.17, 15) is 0 Å². The van der Waals surface area contributed by atoms with Gasteiger partial charge in [0.25, 0.3) is 0 Å². The lowest BCUT2D eigenvalue weighted by Crippen LogP contribution is -2.04. The highest BCUT2D eigenvalue weighted by Gasteiger charge is 2.28. The van der Waals surface area contributed by atoms with E-state index in [1.165, 1.54) is 12.8 Å². The molecule has 90 valence electrons. The lowest BCUT2D eigenvalue weighted by Gasteiger charge is -2.09. The van der Waals surface area contributed by atoms with E-state index in [0.29, 0.717) is 11.3 Å². The Hall–Kier alpha value is -0.620. The van der Waals surface area contributed by atoms with E-state index in [1.807, 2.05) is 4.68 Å². The van der Waals surface area contributed by atoms with Gasteiger partial charge in [0.2, 0.25) is 5.16 Å². The minimum absolute atomic E-state index is 0.540. The summed E-state index contributed by atoms with van der Waals surface area (Å²) >= 11 is 1.77. The van der Waals surface area contributed by atoms with Gasteiger partial charge in [-0.2, -0.15) is 0 Å². The molecule has 0 amide bonds. The Morgan fingerprint density at radius 3 is 3.06 bits per heavy atom. The summed E-state index contributed by atoms with van der Waals surface area (Å²) in [7, 11) is 1.74. The molecule has 1 aromatic rings. The van der Waals surface area contributed by atoms with E-state index in [1.54, 1.807) is 18.9 Å². The molecule has 1 saturated carbocycles. The van der Waals surface area contributed by atoms with E-state index < -0.39 is 0 Å². The Morgan fingerprint density at radius 2 is 2.38 bits per heavy atom. The van der Waals surface area contributed by atoms with Crippen LogP contribution in [-0.2, 0) is 4.74 Å². The van der Waals surface area contributed by atoms with E-state index in [2.05, 4.69) is 22.4 Å². The summed E-state index contributed by atoms with van der Waals surface area (Å²) in [5.74, 6) is 0. The summed E-state index contributed by atoms with van der Waals surface area (Å²) in [6, 6.07) is 0.559. The molecule has 0 aromatic carbocycles. The molecule has 0 radical (unpaired) electrons. The highest BCUT2D eigenvalue weighted by molar-refractivity contribution is 7.99. The van der Waals surface area contributed by atoms with Crippen LogP contribution in [0.5, 0.6) is 0 Å². The average molecular weight is 242 g/mol. The lowest BCUT2D eigenvalue weighted by molar-refractivity contribution is 0.193. The molecule has 1 heterocycles. The minimum Gasteiger partial charge on any atom is -0.385 e. The van der Waals surface area contributed by atoms with Gasteiger partial charge in [0.15, 0.2) is 0 Å². The zero-order chi connectivity index (χ0) is 11.4. The maximum atomic E-state index is 5.04. The van der Waals surface area contributed by atoms with Gasteiger partial charge in [-0.1, -0.05) is 18.7 Å². The average Bonchev–Trinajstić information content (AvgIpc) is 3.01. The number of ether oxygens (including phenoxy) is 1. The topological polar surface area (TPSA) is 52.8 Å². The molecule has 1 aliphatic carbocycles. The number of methoxy groups -OCH3 is 1. The molecule has 0 saturated heterocycles. The standard InChI is InChI=1S/C10H18N4OS/c1-8(4-3-7-15-2)16-10-11-12-13-14(10)9-5-6-9/h8-9H,3-7H2,1-2H3/t8-/m0/s1. The Bertz CT molecular complexity index is 326. The quantitative estimate of drug-likeness (QED) is 0.540. The van der Waals surface area contributed by atoms with Crippen LogP contribution in [0.15, 0.2) is 5.16 Å². The van der Waals surface area contributed by atoms with Crippen molar-refractivity contribution in [2.45, 2.75) is 49.1 Å². The van der Waals surface area contributed by atoms with E-state index in [-0.39, 0.29) is 0 Å². The number of nitrogens with zero attached hydrogens (tertiary/aromatic N) is 4. The lowest BCUT2D eigenvalue weighted by atomic mass is 10.3. The van der Waals surface area contributed by atoms with Crippen LogP contribution in [0.3, 0.4) is 0 Å². The van der Waals surface area contributed by atoms with Crippen LogP contribution >= 0.6 is 11.8 Å².